The maximum absolute atomic E-state index is 12.3. The van der Waals surface area contributed by atoms with Gasteiger partial charge in [0.1, 0.15) is 5.54 Å². The molecule has 0 aliphatic heterocycles. The van der Waals surface area contributed by atoms with Crippen LogP contribution in [0.3, 0.4) is 0 Å². The summed E-state index contributed by atoms with van der Waals surface area (Å²) in [5, 5.41) is 3.98. The van der Waals surface area contributed by atoms with E-state index < -0.39 is 5.54 Å². The third-order valence-corrected chi connectivity index (χ3v) is 5.17. The smallest absolute Gasteiger partial charge is 0.261 e. The summed E-state index contributed by atoms with van der Waals surface area (Å²) in [5.41, 5.74) is -0.104. The summed E-state index contributed by atoms with van der Waals surface area (Å²) in [6, 6.07) is 7.17. The van der Waals surface area contributed by atoms with Crippen molar-refractivity contribution in [1.82, 2.24) is 14.9 Å². The quantitative estimate of drug-likeness (QED) is 0.497. The Morgan fingerprint density at radius 3 is 2.67 bits per heavy atom. The molecule has 0 saturated heterocycles. The molecule has 1 amide bonds. The van der Waals surface area contributed by atoms with E-state index in [9.17, 15) is 9.59 Å². The lowest BCUT2D eigenvalue weighted by molar-refractivity contribution is -0.119. The van der Waals surface area contributed by atoms with E-state index in [-0.39, 0.29) is 17.2 Å². The van der Waals surface area contributed by atoms with Crippen LogP contribution in [0.1, 0.15) is 26.7 Å². The van der Waals surface area contributed by atoms with E-state index in [4.69, 9.17) is 6.42 Å². The van der Waals surface area contributed by atoms with Gasteiger partial charge in [0.2, 0.25) is 5.91 Å². The van der Waals surface area contributed by atoms with Crippen molar-refractivity contribution in [2.24, 2.45) is 7.05 Å². The Hall–Kier alpha value is -2.26. The number of carbonyl (C=O) groups excluding carboxylic acids is 1. The standard InChI is InChI=1S/C18H21N3O2S/c1-5-18(6-2,7-3)20-15(22)12-24-17-19-14-11-9-8-10-13(14)16(23)21(17)4/h1,8-11H,6-7,12H2,2-4H3,(H,20,22). The second-order valence-electron chi connectivity index (χ2n) is 5.55. The normalized spacial score (nSPS) is 11.2. The zero-order chi connectivity index (χ0) is 17.7. The fourth-order valence-corrected chi connectivity index (χ4v) is 3.20. The van der Waals surface area contributed by atoms with Gasteiger partial charge in [0.05, 0.1) is 16.7 Å². The third kappa shape index (κ3) is 3.62. The average Bonchev–Trinajstić information content (AvgIpc) is 2.61. The molecule has 0 atom stereocenters. The number of para-hydroxylation sites is 1. The number of terminal acetylenes is 1. The van der Waals surface area contributed by atoms with Crippen LogP contribution in [0.15, 0.2) is 34.2 Å². The number of hydrogen-bond acceptors (Lipinski definition) is 4. The lowest BCUT2D eigenvalue weighted by atomic mass is 9.94. The average molecular weight is 343 g/mol. The molecule has 0 aliphatic carbocycles. The Bertz CT molecular complexity index is 847. The first-order chi connectivity index (χ1) is 11.5. The molecule has 2 aromatic rings. The number of carbonyl (C=O) groups is 1. The van der Waals surface area contributed by atoms with Gasteiger partial charge in [-0.1, -0.05) is 43.7 Å². The largest absolute Gasteiger partial charge is 0.339 e. The van der Waals surface area contributed by atoms with Gasteiger partial charge in [-0.2, -0.15) is 0 Å². The molecule has 0 spiro atoms. The van der Waals surface area contributed by atoms with Crippen LogP contribution in [-0.2, 0) is 11.8 Å². The Morgan fingerprint density at radius 1 is 1.38 bits per heavy atom. The fraction of sp³-hybridized carbons (Fsp3) is 0.389. The molecule has 2 rings (SSSR count). The molecule has 126 valence electrons. The molecule has 6 heteroatoms. The SMILES string of the molecule is C#CC(CC)(CC)NC(=O)CSc1nc2ccccc2c(=O)n1C. The summed E-state index contributed by atoms with van der Waals surface area (Å²) in [6.07, 6.45) is 6.90. The summed E-state index contributed by atoms with van der Waals surface area (Å²) in [4.78, 5) is 29.0. The number of fused-ring (bicyclic) bond motifs is 1. The van der Waals surface area contributed by atoms with Crippen LogP contribution < -0.4 is 10.9 Å². The first-order valence-electron chi connectivity index (χ1n) is 7.83. The second-order valence-corrected chi connectivity index (χ2v) is 6.49. The molecular weight excluding hydrogens is 322 g/mol. The monoisotopic (exact) mass is 343 g/mol. The molecule has 1 aromatic carbocycles. The number of hydrogen-bond donors (Lipinski definition) is 1. The third-order valence-electron chi connectivity index (χ3n) is 4.14. The van der Waals surface area contributed by atoms with Crippen LogP contribution in [0.5, 0.6) is 0 Å². The van der Waals surface area contributed by atoms with E-state index in [1.54, 1.807) is 25.2 Å². The van der Waals surface area contributed by atoms with Crippen molar-refractivity contribution in [3.8, 4) is 12.3 Å². The van der Waals surface area contributed by atoms with Crippen molar-refractivity contribution in [3.05, 3.63) is 34.6 Å². The van der Waals surface area contributed by atoms with Crippen LogP contribution in [0.2, 0.25) is 0 Å². The van der Waals surface area contributed by atoms with Crippen molar-refractivity contribution in [2.45, 2.75) is 37.4 Å². The summed E-state index contributed by atoms with van der Waals surface area (Å²) in [7, 11) is 1.66. The number of benzene rings is 1. The lowest BCUT2D eigenvalue weighted by Crippen LogP contribution is -2.47. The van der Waals surface area contributed by atoms with E-state index >= 15 is 0 Å². The molecule has 1 heterocycles. The second kappa shape index (κ2) is 7.54. The maximum Gasteiger partial charge on any atom is 0.261 e. The Morgan fingerprint density at radius 2 is 2.04 bits per heavy atom. The minimum absolute atomic E-state index is 0.122. The van der Waals surface area contributed by atoms with Gasteiger partial charge in [0, 0.05) is 7.05 Å². The highest BCUT2D eigenvalue weighted by Gasteiger charge is 2.25. The highest BCUT2D eigenvalue weighted by molar-refractivity contribution is 7.99. The highest BCUT2D eigenvalue weighted by Crippen LogP contribution is 2.18. The Kier molecular flexibility index (Phi) is 5.68. The van der Waals surface area contributed by atoms with Gasteiger partial charge in [0.25, 0.3) is 5.56 Å². The van der Waals surface area contributed by atoms with Gasteiger partial charge in [-0.25, -0.2) is 4.98 Å². The Labute approximate surface area is 145 Å². The molecule has 1 aromatic heterocycles. The van der Waals surface area contributed by atoms with Crippen molar-refractivity contribution < 1.29 is 4.79 Å². The summed E-state index contributed by atoms with van der Waals surface area (Å²) < 4.78 is 1.47. The molecular formula is C18H21N3O2S. The first kappa shape index (κ1) is 18.1. The van der Waals surface area contributed by atoms with Crippen LogP contribution in [0.25, 0.3) is 10.9 Å². The predicted octanol–water partition coefficient (Wildman–Crippen LogP) is 2.33. The van der Waals surface area contributed by atoms with Crippen molar-refractivity contribution in [2.75, 3.05) is 5.75 Å². The fourth-order valence-electron chi connectivity index (χ4n) is 2.43. The molecule has 24 heavy (non-hydrogen) atoms. The van der Waals surface area contributed by atoms with Gasteiger partial charge < -0.3 is 5.32 Å². The highest BCUT2D eigenvalue weighted by atomic mass is 32.2. The van der Waals surface area contributed by atoms with E-state index in [1.165, 1.54) is 16.3 Å². The van der Waals surface area contributed by atoms with Crippen molar-refractivity contribution in [3.63, 3.8) is 0 Å². The lowest BCUT2D eigenvalue weighted by Gasteiger charge is -2.26. The molecule has 0 unspecified atom stereocenters. The number of nitrogens with zero attached hydrogens (tertiary/aromatic N) is 2. The molecule has 0 fully saturated rings. The Balaban J connectivity index is 2.17. The molecule has 5 nitrogen and oxygen atoms in total. The molecule has 0 aliphatic rings. The van der Waals surface area contributed by atoms with E-state index in [1.807, 2.05) is 19.9 Å². The molecule has 1 N–H and O–H groups in total. The van der Waals surface area contributed by atoms with Gasteiger partial charge in [-0.05, 0) is 25.0 Å². The van der Waals surface area contributed by atoms with Crippen LogP contribution in [0.4, 0.5) is 0 Å². The van der Waals surface area contributed by atoms with Crippen LogP contribution in [-0.4, -0.2) is 26.8 Å². The number of thioether (sulfide) groups is 1. The van der Waals surface area contributed by atoms with Crippen molar-refractivity contribution >= 4 is 28.6 Å². The summed E-state index contributed by atoms with van der Waals surface area (Å²) in [5.74, 6) is 2.67. The van der Waals surface area contributed by atoms with Crippen LogP contribution in [0, 0.1) is 12.3 Å². The van der Waals surface area contributed by atoms with E-state index in [2.05, 4.69) is 16.2 Å². The van der Waals surface area contributed by atoms with Gasteiger partial charge in [-0.3, -0.25) is 14.2 Å². The maximum atomic E-state index is 12.3. The van der Waals surface area contributed by atoms with Gasteiger partial charge >= 0.3 is 0 Å². The van der Waals surface area contributed by atoms with Crippen LogP contribution >= 0.6 is 11.8 Å². The number of rotatable bonds is 6. The topological polar surface area (TPSA) is 64.0 Å². The van der Waals surface area contributed by atoms with E-state index in [0.29, 0.717) is 28.9 Å². The number of aromatic nitrogens is 2. The molecule has 0 radical (unpaired) electrons. The zero-order valence-corrected chi connectivity index (χ0v) is 14.9. The number of nitrogens with one attached hydrogen (secondary N) is 1. The minimum Gasteiger partial charge on any atom is -0.339 e. The number of amides is 1. The minimum atomic E-state index is -0.611. The summed E-state index contributed by atoms with van der Waals surface area (Å²) in [6.45, 7) is 3.90. The molecule has 0 bridgehead atoms. The zero-order valence-electron chi connectivity index (χ0n) is 14.1. The molecule has 0 saturated carbocycles. The predicted molar refractivity (Wildman–Crippen MR) is 98.0 cm³/mol. The summed E-state index contributed by atoms with van der Waals surface area (Å²) >= 11 is 1.23. The van der Waals surface area contributed by atoms with E-state index in [0.717, 1.165) is 0 Å². The van der Waals surface area contributed by atoms with Gasteiger partial charge in [0.15, 0.2) is 5.16 Å². The van der Waals surface area contributed by atoms with Gasteiger partial charge in [-0.15, -0.1) is 6.42 Å². The first-order valence-corrected chi connectivity index (χ1v) is 8.82. The van der Waals surface area contributed by atoms with Crippen molar-refractivity contribution in [1.29, 1.82) is 0 Å².